The number of carbonyl (C=O) groups is 1. The van der Waals surface area contributed by atoms with Gasteiger partial charge in [0.2, 0.25) is 5.79 Å². The van der Waals surface area contributed by atoms with E-state index in [2.05, 4.69) is 15.9 Å². The van der Waals surface area contributed by atoms with Gasteiger partial charge in [-0.1, -0.05) is 30.3 Å². The smallest absolute Gasteiger partial charge is 0.349 e. The van der Waals surface area contributed by atoms with Gasteiger partial charge in [-0.2, -0.15) is 0 Å². The number of halogens is 1. The highest BCUT2D eigenvalue weighted by atomic mass is 79.9. The predicted molar refractivity (Wildman–Crippen MR) is 85.0 cm³/mol. The van der Waals surface area contributed by atoms with Gasteiger partial charge in [0.15, 0.2) is 5.75 Å². The molecule has 4 nitrogen and oxygen atoms in total. The fraction of sp³-hybridized carbons (Fsp3) is 0.235. The number of esters is 1. The summed E-state index contributed by atoms with van der Waals surface area (Å²) in [5, 5.41) is 0. The number of carbonyl (C=O) groups excluding carboxylic acids is 1. The Kier molecular flexibility index (Phi) is 3.83. The Labute approximate surface area is 137 Å². The van der Waals surface area contributed by atoms with Crippen molar-refractivity contribution in [1.29, 1.82) is 0 Å². The van der Waals surface area contributed by atoms with Crippen molar-refractivity contribution in [3.8, 4) is 11.5 Å². The second-order valence-electron chi connectivity index (χ2n) is 5.42. The van der Waals surface area contributed by atoms with Crippen LogP contribution in [0.2, 0.25) is 0 Å². The van der Waals surface area contributed by atoms with Crippen LogP contribution in [0.5, 0.6) is 11.5 Å². The molecule has 2 aromatic carbocycles. The van der Waals surface area contributed by atoms with Crippen molar-refractivity contribution in [2.24, 2.45) is 0 Å². The Balaban J connectivity index is 1.92. The van der Waals surface area contributed by atoms with Crippen molar-refractivity contribution in [3.05, 3.63) is 58.1 Å². The van der Waals surface area contributed by atoms with Gasteiger partial charge in [-0.15, -0.1) is 0 Å². The highest BCUT2D eigenvalue weighted by Crippen LogP contribution is 2.42. The van der Waals surface area contributed by atoms with Crippen molar-refractivity contribution < 1.29 is 19.0 Å². The number of cyclic esters (lactones) is 1. The van der Waals surface area contributed by atoms with E-state index in [4.69, 9.17) is 14.2 Å². The molecule has 3 rings (SSSR count). The summed E-state index contributed by atoms with van der Waals surface area (Å²) in [6.45, 7) is 3.75. The lowest BCUT2D eigenvalue weighted by Crippen LogP contribution is -2.39. The number of fused-ring (bicyclic) bond motifs is 1. The van der Waals surface area contributed by atoms with Crippen molar-refractivity contribution in [3.63, 3.8) is 0 Å². The zero-order valence-corrected chi connectivity index (χ0v) is 13.8. The van der Waals surface area contributed by atoms with Crippen molar-refractivity contribution in [2.75, 3.05) is 0 Å². The Bertz CT molecular complexity index is 710. The molecule has 0 fully saturated rings. The van der Waals surface area contributed by atoms with Gasteiger partial charge in [0.25, 0.3) is 0 Å². The van der Waals surface area contributed by atoms with E-state index in [0.29, 0.717) is 28.1 Å². The summed E-state index contributed by atoms with van der Waals surface area (Å²) in [4.78, 5) is 12.3. The van der Waals surface area contributed by atoms with Gasteiger partial charge in [0.1, 0.15) is 17.9 Å². The second kappa shape index (κ2) is 5.65. The molecular formula is C17H15BrO4. The average molecular weight is 363 g/mol. The monoisotopic (exact) mass is 362 g/mol. The summed E-state index contributed by atoms with van der Waals surface area (Å²) in [7, 11) is 0. The average Bonchev–Trinajstić information content (AvgIpc) is 2.47. The van der Waals surface area contributed by atoms with Crippen LogP contribution >= 0.6 is 15.9 Å². The van der Waals surface area contributed by atoms with Crippen LogP contribution in [0.25, 0.3) is 0 Å². The van der Waals surface area contributed by atoms with Gasteiger partial charge < -0.3 is 14.2 Å². The van der Waals surface area contributed by atoms with E-state index in [0.717, 1.165) is 5.56 Å². The molecule has 5 heteroatoms. The lowest BCUT2D eigenvalue weighted by Gasteiger charge is -2.32. The van der Waals surface area contributed by atoms with Crippen LogP contribution in [-0.2, 0) is 11.3 Å². The third-order valence-electron chi connectivity index (χ3n) is 3.20. The number of ether oxygens (including phenoxy) is 3. The largest absolute Gasteiger partial charge is 0.488 e. The summed E-state index contributed by atoms with van der Waals surface area (Å²) < 4.78 is 17.5. The Morgan fingerprint density at radius 3 is 2.55 bits per heavy atom. The van der Waals surface area contributed by atoms with Gasteiger partial charge in [0.05, 0.1) is 4.47 Å². The third kappa shape index (κ3) is 2.95. The summed E-state index contributed by atoms with van der Waals surface area (Å²) in [5.41, 5.74) is 1.33. The van der Waals surface area contributed by atoms with Crippen LogP contribution in [-0.4, -0.2) is 11.8 Å². The van der Waals surface area contributed by atoms with Crippen LogP contribution in [0.1, 0.15) is 29.8 Å². The number of hydrogen-bond acceptors (Lipinski definition) is 4. The minimum Gasteiger partial charge on any atom is -0.488 e. The molecule has 2 aromatic rings. The van der Waals surface area contributed by atoms with E-state index in [-0.39, 0.29) is 0 Å². The van der Waals surface area contributed by atoms with E-state index >= 15 is 0 Å². The minimum atomic E-state index is -0.995. The molecule has 0 amide bonds. The van der Waals surface area contributed by atoms with E-state index in [1.807, 2.05) is 30.3 Å². The molecule has 0 atom stereocenters. The highest BCUT2D eigenvalue weighted by molar-refractivity contribution is 9.10. The Morgan fingerprint density at radius 1 is 1.09 bits per heavy atom. The first-order chi connectivity index (χ1) is 10.5. The van der Waals surface area contributed by atoms with Crippen molar-refractivity contribution >= 4 is 21.9 Å². The molecule has 0 bridgehead atoms. The molecule has 1 aliphatic rings. The van der Waals surface area contributed by atoms with Crippen LogP contribution in [0.3, 0.4) is 0 Å². The quantitative estimate of drug-likeness (QED) is 0.763. The molecule has 22 heavy (non-hydrogen) atoms. The van der Waals surface area contributed by atoms with E-state index in [1.165, 1.54) is 0 Å². The summed E-state index contributed by atoms with van der Waals surface area (Å²) in [6.07, 6.45) is 0. The van der Waals surface area contributed by atoms with Crippen LogP contribution in [0.15, 0.2) is 46.9 Å². The molecular weight excluding hydrogens is 348 g/mol. The molecule has 0 radical (unpaired) electrons. The highest BCUT2D eigenvalue weighted by Gasteiger charge is 2.37. The third-order valence-corrected chi connectivity index (χ3v) is 3.82. The molecule has 0 N–H and O–H groups in total. The van der Waals surface area contributed by atoms with Crippen LogP contribution in [0, 0.1) is 0 Å². The van der Waals surface area contributed by atoms with E-state index in [9.17, 15) is 4.79 Å². The number of hydrogen-bond donors (Lipinski definition) is 0. The Morgan fingerprint density at radius 2 is 1.82 bits per heavy atom. The Hall–Kier alpha value is -2.01. The predicted octanol–water partition coefficient (Wildman–Crippen LogP) is 4.31. The zero-order chi connectivity index (χ0) is 15.7. The topological polar surface area (TPSA) is 44.8 Å². The maximum absolute atomic E-state index is 12.3. The first-order valence-electron chi connectivity index (χ1n) is 6.88. The SMILES string of the molecule is CC1(C)OC(=O)c2c(OCc3ccccc3)ccc(Br)c2O1. The van der Waals surface area contributed by atoms with Crippen molar-refractivity contribution in [2.45, 2.75) is 26.2 Å². The molecule has 1 aliphatic heterocycles. The van der Waals surface area contributed by atoms with Gasteiger partial charge in [-0.3, -0.25) is 0 Å². The summed E-state index contributed by atoms with van der Waals surface area (Å²) in [5.74, 6) is -0.546. The molecule has 0 unspecified atom stereocenters. The van der Waals surface area contributed by atoms with E-state index in [1.54, 1.807) is 26.0 Å². The fourth-order valence-corrected chi connectivity index (χ4v) is 2.64. The van der Waals surface area contributed by atoms with Gasteiger partial charge in [0, 0.05) is 13.8 Å². The van der Waals surface area contributed by atoms with Crippen molar-refractivity contribution in [1.82, 2.24) is 0 Å². The minimum absolute atomic E-state index is 0.310. The first-order valence-corrected chi connectivity index (χ1v) is 7.67. The van der Waals surface area contributed by atoms with Gasteiger partial charge in [-0.05, 0) is 33.6 Å². The molecule has 0 saturated heterocycles. The zero-order valence-electron chi connectivity index (χ0n) is 12.3. The second-order valence-corrected chi connectivity index (χ2v) is 6.27. The fourth-order valence-electron chi connectivity index (χ4n) is 2.23. The lowest BCUT2D eigenvalue weighted by molar-refractivity contribution is -0.128. The maximum Gasteiger partial charge on any atom is 0.349 e. The molecule has 0 aromatic heterocycles. The first kappa shape index (κ1) is 14.9. The van der Waals surface area contributed by atoms with Crippen LogP contribution < -0.4 is 9.47 Å². The molecule has 1 heterocycles. The van der Waals surface area contributed by atoms with Gasteiger partial charge in [-0.25, -0.2) is 4.79 Å². The summed E-state index contributed by atoms with van der Waals surface area (Å²) in [6, 6.07) is 13.3. The normalized spacial score (nSPS) is 15.5. The molecule has 114 valence electrons. The molecule has 0 spiro atoms. The lowest BCUT2D eigenvalue weighted by atomic mass is 10.1. The van der Waals surface area contributed by atoms with Gasteiger partial charge >= 0.3 is 5.97 Å². The standard InChI is InChI=1S/C17H15BrO4/c1-17(2)21-15-12(18)8-9-13(14(15)16(19)22-17)20-10-11-6-4-3-5-7-11/h3-9H,10H2,1-2H3. The molecule has 0 aliphatic carbocycles. The number of rotatable bonds is 3. The maximum atomic E-state index is 12.3. The van der Waals surface area contributed by atoms with E-state index < -0.39 is 11.8 Å². The molecule has 0 saturated carbocycles. The van der Waals surface area contributed by atoms with Crippen LogP contribution in [0.4, 0.5) is 0 Å². The number of benzene rings is 2. The summed E-state index contributed by atoms with van der Waals surface area (Å²) >= 11 is 3.40.